The molecule has 1 aromatic carbocycles. The molecular formula is C20H19N3O4. The molecule has 4 rings (SSSR count). The summed E-state index contributed by atoms with van der Waals surface area (Å²) >= 11 is 0. The molecule has 1 aliphatic rings. The molecule has 0 aliphatic heterocycles. The fourth-order valence-electron chi connectivity index (χ4n) is 4.16. The van der Waals surface area contributed by atoms with Crippen LogP contribution < -0.4 is 0 Å². The van der Waals surface area contributed by atoms with Gasteiger partial charge in [-0.05, 0) is 19.4 Å². The molecule has 7 nitrogen and oxygen atoms in total. The fourth-order valence-corrected chi connectivity index (χ4v) is 4.16. The summed E-state index contributed by atoms with van der Waals surface area (Å²) in [7, 11) is 1.77. The number of hydrogen-bond acceptors (Lipinski definition) is 4. The van der Waals surface area contributed by atoms with Crippen molar-refractivity contribution in [3.05, 3.63) is 53.7 Å². The Morgan fingerprint density at radius 2 is 2.04 bits per heavy atom. The lowest BCUT2D eigenvalue weighted by Crippen LogP contribution is -2.35. The molecule has 0 amide bonds. The molecule has 0 bridgehead atoms. The van der Waals surface area contributed by atoms with Gasteiger partial charge in [0.1, 0.15) is 5.82 Å². The van der Waals surface area contributed by atoms with Crippen molar-refractivity contribution in [3.63, 3.8) is 0 Å². The zero-order chi connectivity index (χ0) is 19.3. The highest BCUT2D eigenvalue weighted by atomic mass is 16.4. The molecule has 1 aliphatic carbocycles. The number of aromatic nitrogens is 3. The van der Waals surface area contributed by atoms with Crippen LogP contribution in [-0.2, 0) is 23.2 Å². The van der Waals surface area contributed by atoms with Crippen LogP contribution in [0.15, 0.2) is 36.7 Å². The molecule has 0 saturated carbocycles. The summed E-state index contributed by atoms with van der Waals surface area (Å²) in [5.41, 5.74) is 1.80. The summed E-state index contributed by atoms with van der Waals surface area (Å²) < 4.78 is 3.65. The van der Waals surface area contributed by atoms with Gasteiger partial charge in [-0.3, -0.25) is 9.59 Å². The number of rotatable bonds is 4. The number of fused-ring (bicyclic) bond motifs is 3. The Kier molecular flexibility index (Phi) is 3.95. The second kappa shape index (κ2) is 6.19. The zero-order valence-corrected chi connectivity index (χ0v) is 15.0. The Morgan fingerprint density at radius 3 is 2.70 bits per heavy atom. The number of nitrogens with zero attached hydrogens (tertiary/aromatic N) is 3. The van der Waals surface area contributed by atoms with Crippen LogP contribution in [0.4, 0.5) is 0 Å². The van der Waals surface area contributed by atoms with E-state index in [0.717, 1.165) is 16.7 Å². The van der Waals surface area contributed by atoms with Crippen LogP contribution in [0.5, 0.6) is 0 Å². The van der Waals surface area contributed by atoms with Crippen molar-refractivity contribution in [1.29, 1.82) is 0 Å². The normalized spacial score (nSPS) is 19.3. The molecule has 0 spiro atoms. The third-order valence-electron chi connectivity index (χ3n) is 5.49. The molecule has 0 radical (unpaired) electrons. The number of aliphatic carboxylic acids is 1. The monoisotopic (exact) mass is 365 g/mol. The third-order valence-corrected chi connectivity index (χ3v) is 5.49. The standard InChI is InChI=1S/C20H19N3O4/c1-11-21-7-8-23(11)10-12-9-14(19(25)20(26)27)17-16(18(12)24)13-5-3-4-6-15(13)22(17)2/h3-8,12,14H,9-10H2,1-2H3,(H,26,27). The molecule has 7 heteroatoms. The van der Waals surface area contributed by atoms with Crippen molar-refractivity contribution < 1.29 is 19.5 Å². The van der Waals surface area contributed by atoms with E-state index in [1.807, 2.05) is 35.8 Å². The van der Waals surface area contributed by atoms with Crippen molar-refractivity contribution in [2.24, 2.45) is 13.0 Å². The number of aryl methyl sites for hydroxylation is 2. The first kappa shape index (κ1) is 17.2. The minimum absolute atomic E-state index is 0.0515. The molecule has 2 aromatic heterocycles. The predicted octanol–water partition coefficient (Wildman–Crippen LogP) is 2.32. The lowest BCUT2D eigenvalue weighted by atomic mass is 9.76. The summed E-state index contributed by atoms with van der Waals surface area (Å²) in [6.45, 7) is 2.22. The number of Topliss-reactive ketones (excluding diaryl/α,β-unsaturated/α-hetero) is 2. The lowest BCUT2D eigenvalue weighted by molar-refractivity contribution is -0.150. The lowest BCUT2D eigenvalue weighted by Gasteiger charge is -2.28. The van der Waals surface area contributed by atoms with Gasteiger partial charge in [-0.25, -0.2) is 9.78 Å². The smallest absolute Gasteiger partial charge is 0.372 e. The Balaban J connectivity index is 1.89. The second-order valence-electron chi connectivity index (χ2n) is 6.98. The highest BCUT2D eigenvalue weighted by Crippen LogP contribution is 2.41. The van der Waals surface area contributed by atoms with Gasteiger partial charge in [0.05, 0.1) is 5.92 Å². The first-order valence-electron chi connectivity index (χ1n) is 8.76. The highest BCUT2D eigenvalue weighted by molar-refractivity contribution is 6.35. The van der Waals surface area contributed by atoms with Crippen molar-refractivity contribution >= 4 is 28.4 Å². The molecule has 3 aromatic rings. The largest absolute Gasteiger partial charge is 0.475 e. The number of imidazole rings is 1. The van der Waals surface area contributed by atoms with Crippen LogP contribution >= 0.6 is 0 Å². The molecular weight excluding hydrogens is 346 g/mol. The molecule has 27 heavy (non-hydrogen) atoms. The number of carboxylic acids is 1. The SMILES string of the molecule is Cc1nccn1CC1CC(C(=O)C(=O)O)c2c(c3ccccc3n2C)C1=O. The van der Waals surface area contributed by atoms with Crippen LogP contribution in [0.25, 0.3) is 10.9 Å². The fraction of sp³-hybridized carbons (Fsp3) is 0.300. The molecule has 2 heterocycles. The van der Waals surface area contributed by atoms with E-state index in [9.17, 15) is 19.5 Å². The topological polar surface area (TPSA) is 94.2 Å². The van der Waals surface area contributed by atoms with E-state index < -0.39 is 23.6 Å². The third kappa shape index (κ3) is 2.58. The zero-order valence-electron chi connectivity index (χ0n) is 15.0. The molecule has 0 saturated heterocycles. The van der Waals surface area contributed by atoms with Crippen LogP contribution in [0.1, 0.15) is 34.2 Å². The number of carbonyl (C=O) groups is 3. The van der Waals surface area contributed by atoms with Gasteiger partial charge in [0.25, 0.3) is 0 Å². The first-order valence-corrected chi connectivity index (χ1v) is 8.76. The van der Waals surface area contributed by atoms with Crippen LogP contribution in [0, 0.1) is 12.8 Å². The molecule has 2 atom stereocenters. The van der Waals surface area contributed by atoms with Gasteiger partial charge in [0, 0.05) is 54.1 Å². The average molecular weight is 365 g/mol. The van der Waals surface area contributed by atoms with Crippen LogP contribution in [0.2, 0.25) is 0 Å². The Morgan fingerprint density at radius 1 is 1.30 bits per heavy atom. The van der Waals surface area contributed by atoms with Gasteiger partial charge in [0.2, 0.25) is 5.78 Å². The maximum absolute atomic E-state index is 13.3. The molecule has 138 valence electrons. The quantitative estimate of drug-likeness (QED) is 0.716. The van der Waals surface area contributed by atoms with E-state index in [4.69, 9.17) is 0 Å². The summed E-state index contributed by atoms with van der Waals surface area (Å²) in [5, 5.41) is 10.1. The number of carboxylic acid groups (broad SMARTS) is 1. The number of hydrogen-bond donors (Lipinski definition) is 1. The van der Waals surface area contributed by atoms with Crippen molar-refractivity contribution in [1.82, 2.24) is 14.1 Å². The van der Waals surface area contributed by atoms with Crippen molar-refractivity contribution in [3.8, 4) is 0 Å². The summed E-state index contributed by atoms with van der Waals surface area (Å²) in [6.07, 6.45) is 3.62. The Bertz CT molecular complexity index is 1090. The van der Waals surface area contributed by atoms with Gasteiger partial charge >= 0.3 is 5.97 Å². The van der Waals surface area contributed by atoms with Gasteiger partial charge in [-0.15, -0.1) is 0 Å². The van der Waals surface area contributed by atoms with E-state index in [0.29, 0.717) is 17.8 Å². The number of benzene rings is 1. The Labute approximate surface area is 155 Å². The molecule has 2 unspecified atom stereocenters. The second-order valence-corrected chi connectivity index (χ2v) is 6.98. The summed E-state index contributed by atoms with van der Waals surface area (Å²) in [4.78, 5) is 41.4. The highest BCUT2D eigenvalue weighted by Gasteiger charge is 2.42. The predicted molar refractivity (Wildman–Crippen MR) is 97.7 cm³/mol. The minimum atomic E-state index is -1.47. The number of ketones is 2. The van der Waals surface area contributed by atoms with E-state index in [-0.39, 0.29) is 12.2 Å². The minimum Gasteiger partial charge on any atom is -0.475 e. The maximum atomic E-state index is 13.3. The first-order chi connectivity index (χ1) is 12.9. The van der Waals surface area contributed by atoms with E-state index in [1.54, 1.807) is 24.0 Å². The summed E-state index contributed by atoms with van der Waals surface area (Å²) in [6, 6.07) is 7.42. The molecule has 0 fully saturated rings. The van der Waals surface area contributed by atoms with Gasteiger partial charge < -0.3 is 14.2 Å². The van der Waals surface area contributed by atoms with E-state index in [2.05, 4.69) is 4.98 Å². The van der Waals surface area contributed by atoms with E-state index >= 15 is 0 Å². The van der Waals surface area contributed by atoms with Crippen LogP contribution in [0.3, 0.4) is 0 Å². The van der Waals surface area contributed by atoms with E-state index in [1.165, 1.54) is 0 Å². The van der Waals surface area contributed by atoms with Gasteiger partial charge in [-0.1, -0.05) is 18.2 Å². The number of carbonyl (C=O) groups excluding carboxylic acids is 2. The van der Waals surface area contributed by atoms with Gasteiger partial charge in [0.15, 0.2) is 5.78 Å². The Hall–Kier alpha value is -3.22. The molecule has 1 N–H and O–H groups in total. The average Bonchev–Trinajstić information content (AvgIpc) is 3.19. The van der Waals surface area contributed by atoms with Crippen LogP contribution in [-0.4, -0.2) is 36.8 Å². The number of para-hydroxylation sites is 1. The maximum Gasteiger partial charge on any atom is 0.372 e. The van der Waals surface area contributed by atoms with Crippen molar-refractivity contribution in [2.45, 2.75) is 25.8 Å². The summed E-state index contributed by atoms with van der Waals surface area (Å²) in [5.74, 6) is -2.95. The van der Waals surface area contributed by atoms with Crippen molar-refractivity contribution in [2.75, 3.05) is 0 Å². The van der Waals surface area contributed by atoms with Gasteiger partial charge in [-0.2, -0.15) is 0 Å².